The highest BCUT2D eigenvalue weighted by Gasteiger charge is 2.30. The number of amides is 1. The van der Waals surface area contributed by atoms with Gasteiger partial charge in [0, 0.05) is 43.0 Å². The molecule has 1 amide bonds. The Balaban J connectivity index is 1.44. The minimum Gasteiger partial charge on any atom is -0.377 e. The van der Waals surface area contributed by atoms with Crippen LogP contribution in [-0.4, -0.2) is 72.4 Å². The largest absolute Gasteiger partial charge is 0.377 e. The lowest BCUT2D eigenvalue weighted by Crippen LogP contribution is -2.49. The highest BCUT2D eigenvalue weighted by Crippen LogP contribution is 2.36. The van der Waals surface area contributed by atoms with Gasteiger partial charge in [0.15, 0.2) is 0 Å². The number of hydrogen-bond acceptors (Lipinski definition) is 8. The number of ether oxygens (including phenoxy) is 1. The Morgan fingerprint density at radius 3 is 2.66 bits per heavy atom. The van der Waals surface area contributed by atoms with Gasteiger partial charge in [-0.1, -0.05) is 41.6 Å². The van der Waals surface area contributed by atoms with Crippen LogP contribution in [0.4, 0.5) is 5.82 Å². The third kappa shape index (κ3) is 4.63. The summed E-state index contributed by atoms with van der Waals surface area (Å²) < 4.78 is 11.3. The summed E-state index contributed by atoms with van der Waals surface area (Å²) in [5, 5.41) is 8.07. The summed E-state index contributed by atoms with van der Waals surface area (Å²) in [5.74, 6) is 1.89. The van der Waals surface area contributed by atoms with Gasteiger partial charge in [0.25, 0.3) is 5.91 Å². The van der Waals surface area contributed by atoms with Crippen molar-refractivity contribution in [1.29, 1.82) is 0 Å². The van der Waals surface area contributed by atoms with Crippen molar-refractivity contribution in [3.05, 3.63) is 71.4 Å². The Kier molecular flexibility index (Phi) is 6.55. The van der Waals surface area contributed by atoms with Crippen molar-refractivity contribution >= 4 is 22.6 Å². The van der Waals surface area contributed by atoms with Crippen LogP contribution in [0.5, 0.6) is 0 Å². The second kappa shape index (κ2) is 10.2. The van der Waals surface area contributed by atoms with Crippen LogP contribution in [0, 0.1) is 19.8 Å². The molecular weight excluding hydrogens is 480 g/mol. The van der Waals surface area contributed by atoms with E-state index in [1.54, 1.807) is 0 Å². The lowest BCUT2D eigenvalue weighted by Gasteiger charge is -2.37. The molecule has 1 N–H and O–H groups in total. The summed E-state index contributed by atoms with van der Waals surface area (Å²) in [7, 11) is 2.08. The molecule has 2 aliphatic rings. The predicted molar refractivity (Wildman–Crippen MR) is 145 cm³/mol. The quantitative estimate of drug-likeness (QED) is 0.417. The van der Waals surface area contributed by atoms with Gasteiger partial charge in [-0.2, -0.15) is 0 Å². The number of nitrogens with zero attached hydrogens (tertiary/aromatic N) is 5. The topological polar surface area (TPSA) is 96.6 Å². The summed E-state index contributed by atoms with van der Waals surface area (Å²) >= 11 is 0. The zero-order valence-electron chi connectivity index (χ0n) is 22.0. The molecule has 0 unspecified atom stereocenters. The molecule has 4 aromatic rings. The minimum absolute atomic E-state index is 0.0350. The molecule has 6 rings (SSSR count). The molecule has 9 nitrogen and oxygen atoms in total. The van der Waals surface area contributed by atoms with Crippen LogP contribution in [-0.2, 0) is 4.74 Å². The molecule has 0 radical (unpaired) electrons. The van der Waals surface area contributed by atoms with Crippen LogP contribution in [0.3, 0.4) is 0 Å². The van der Waals surface area contributed by atoms with Crippen LogP contribution in [0.2, 0.25) is 0 Å². The molecule has 196 valence electrons. The molecule has 0 bridgehead atoms. The molecule has 1 atom stereocenters. The minimum atomic E-state index is -0.248. The number of carbonyl (C=O) groups is 1. The van der Waals surface area contributed by atoms with Gasteiger partial charge in [0.05, 0.1) is 30.5 Å². The smallest absolute Gasteiger partial charge is 0.289 e. The van der Waals surface area contributed by atoms with E-state index in [2.05, 4.69) is 45.5 Å². The van der Waals surface area contributed by atoms with Crippen molar-refractivity contribution < 1.29 is 14.1 Å². The van der Waals surface area contributed by atoms with E-state index in [9.17, 15) is 4.79 Å². The molecular formula is C29H32N6O3. The molecule has 2 saturated heterocycles. The fourth-order valence-electron chi connectivity index (χ4n) is 5.57. The van der Waals surface area contributed by atoms with E-state index >= 15 is 0 Å². The van der Waals surface area contributed by atoms with E-state index in [0.29, 0.717) is 32.2 Å². The van der Waals surface area contributed by atoms with Crippen LogP contribution in [0.15, 0.2) is 53.1 Å². The van der Waals surface area contributed by atoms with E-state index in [1.165, 1.54) is 0 Å². The van der Waals surface area contributed by atoms with Crippen molar-refractivity contribution in [2.24, 2.45) is 5.92 Å². The standard InChI is InChI=1S/C29H32N6O3/c1-18-26(19(2)38-33-18)22-9-10-24-23(13-22)28(32-27(31-24)29(36)30-14-20-15-34(3)16-20)35-11-12-37-17-25(35)21-7-5-4-6-8-21/h4-10,13,20,25H,11-12,14-17H2,1-3H3,(H,30,36)/t25-/m1/s1. The van der Waals surface area contributed by atoms with E-state index in [-0.39, 0.29) is 17.8 Å². The Bertz CT molecular complexity index is 1440. The second-order valence-electron chi connectivity index (χ2n) is 10.3. The summed E-state index contributed by atoms with van der Waals surface area (Å²) in [6, 6.07) is 16.3. The lowest BCUT2D eigenvalue weighted by atomic mass is 10.0. The van der Waals surface area contributed by atoms with Crippen LogP contribution >= 0.6 is 0 Å². The first kappa shape index (κ1) is 24.5. The second-order valence-corrected chi connectivity index (χ2v) is 10.3. The third-order valence-electron chi connectivity index (χ3n) is 7.48. The van der Waals surface area contributed by atoms with E-state index in [0.717, 1.165) is 58.0 Å². The maximum atomic E-state index is 13.2. The molecule has 9 heteroatoms. The zero-order valence-corrected chi connectivity index (χ0v) is 22.0. The first-order valence-corrected chi connectivity index (χ1v) is 13.1. The fourth-order valence-corrected chi connectivity index (χ4v) is 5.57. The van der Waals surface area contributed by atoms with E-state index in [4.69, 9.17) is 19.2 Å². The van der Waals surface area contributed by atoms with E-state index in [1.807, 2.05) is 44.2 Å². The number of aromatic nitrogens is 3. The zero-order chi connectivity index (χ0) is 26.2. The van der Waals surface area contributed by atoms with Crippen molar-refractivity contribution in [2.45, 2.75) is 19.9 Å². The van der Waals surface area contributed by atoms with Gasteiger partial charge in [0.1, 0.15) is 11.6 Å². The van der Waals surface area contributed by atoms with Crippen LogP contribution in [0.1, 0.15) is 33.7 Å². The summed E-state index contributed by atoms with van der Waals surface area (Å²) in [5.41, 5.74) is 4.63. The van der Waals surface area contributed by atoms with Crippen LogP contribution in [0.25, 0.3) is 22.0 Å². The number of morpholine rings is 1. The average Bonchev–Trinajstić information content (AvgIpc) is 3.27. The molecule has 0 saturated carbocycles. The number of aryl methyl sites for hydroxylation is 2. The predicted octanol–water partition coefficient (Wildman–Crippen LogP) is 3.77. The van der Waals surface area contributed by atoms with Gasteiger partial charge >= 0.3 is 0 Å². The highest BCUT2D eigenvalue weighted by molar-refractivity contribution is 5.98. The van der Waals surface area contributed by atoms with Crippen molar-refractivity contribution in [3.63, 3.8) is 0 Å². The Hall–Kier alpha value is -3.82. The number of rotatable bonds is 6. The van der Waals surface area contributed by atoms with Crippen molar-refractivity contribution in [1.82, 2.24) is 25.3 Å². The number of nitrogens with one attached hydrogen (secondary N) is 1. The first-order valence-electron chi connectivity index (χ1n) is 13.1. The van der Waals surface area contributed by atoms with Crippen molar-refractivity contribution in [2.75, 3.05) is 51.3 Å². The van der Waals surface area contributed by atoms with Gasteiger partial charge in [-0.15, -0.1) is 0 Å². The molecule has 38 heavy (non-hydrogen) atoms. The lowest BCUT2D eigenvalue weighted by molar-refractivity contribution is 0.0887. The number of anilines is 1. The molecule has 2 aliphatic heterocycles. The Morgan fingerprint density at radius 2 is 1.92 bits per heavy atom. The SMILES string of the molecule is Cc1noc(C)c1-c1ccc2nc(C(=O)NCC3CN(C)C3)nc(N3CCOC[C@@H]3c3ccccc3)c2c1. The molecule has 2 aromatic heterocycles. The van der Waals surface area contributed by atoms with Gasteiger partial charge in [0.2, 0.25) is 5.82 Å². The molecule has 4 heterocycles. The summed E-state index contributed by atoms with van der Waals surface area (Å²) in [4.78, 5) is 27.3. The van der Waals surface area contributed by atoms with Gasteiger partial charge < -0.3 is 24.4 Å². The van der Waals surface area contributed by atoms with E-state index < -0.39 is 0 Å². The number of hydrogen-bond donors (Lipinski definition) is 1. The average molecular weight is 513 g/mol. The van der Waals surface area contributed by atoms with Crippen LogP contribution < -0.4 is 10.2 Å². The molecule has 0 spiro atoms. The highest BCUT2D eigenvalue weighted by atomic mass is 16.5. The first-order chi connectivity index (χ1) is 18.5. The molecule has 0 aliphatic carbocycles. The van der Waals surface area contributed by atoms with Gasteiger partial charge in [-0.25, -0.2) is 9.97 Å². The Morgan fingerprint density at radius 1 is 1.11 bits per heavy atom. The molecule has 2 fully saturated rings. The summed E-state index contributed by atoms with van der Waals surface area (Å²) in [6.45, 7) is 8.21. The molecule has 2 aromatic carbocycles. The number of likely N-dealkylation sites (tertiary alicyclic amines) is 1. The number of fused-ring (bicyclic) bond motifs is 1. The Labute approximate surface area is 221 Å². The van der Waals surface area contributed by atoms with Gasteiger partial charge in [-0.05, 0) is 44.2 Å². The monoisotopic (exact) mass is 512 g/mol. The van der Waals surface area contributed by atoms with Crippen molar-refractivity contribution in [3.8, 4) is 11.1 Å². The maximum absolute atomic E-state index is 13.2. The third-order valence-corrected chi connectivity index (χ3v) is 7.48. The van der Waals surface area contributed by atoms with Gasteiger partial charge in [-0.3, -0.25) is 4.79 Å². The normalized spacial score (nSPS) is 18.5. The summed E-state index contributed by atoms with van der Waals surface area (Å²) in [6.07, 6.45) is 0. The maximum Gasteiger partial charge on any atom is 0.289 e. The fraction of sp³-hybridized carbons (Fsp3) is 0.379. The number of carbonyl (C=O) groups excluding carboxylic acids is 1. The number of benzene rings is 2.